The number of anilines is 1. The summed E-state index contributed by atoms with van der Waals surface area (Å²) in [7, 11) is 0. The van der Waals surface area contributed by atoms with Gasteiger partial charge in [-0.3, -0.25) is 9.80 Å². The molecule has 1 fully saturated rings. The molecule has 0 radical (unpaired) electrons. The average molecular weight is 326 g/mol. The molecule has 1 aliphatic rings. The standard InChI is InChI=1S/C15H24BrN3/c1-3-19(4-2)15-5-6-18(11-15)10-12-7-13(16)9-14(17)8-12/h7-9,15H,3-6,10-11,17H2,1-2H3. The molecule has 1 unspecified atom stereocenters. The smallest absolute Gasteiger partial charge is 0.0328 e. The summed E-state index contributed by atoms with van der Waals surface area (Å²) in [5.74, 6) is 0. The van der Waals surface area contributed by atoms with Gasteiger partial charge in [-0.25, -0.2) is 0 Å². The molecule has 0 aliphatic carbocycles. The zero-order chi connectivity index (χ0) is 13.8. The van der Waals surface area contributed by atoms with Gasteiger partial charge in [0.15, 0.2) is 0 Å². The number of hydrogen-bond acceptors (Lipinski definition) is 3. The third kappa shape index (κ3) is 3.94. The molecule has 1 aromatic carbocycles. The van der Waals surface area contributed by atoms with Gasteiger partial charge in [-0.05, 0) is 43.3 Å². The summed E-state index contributed by atoms with van der Waals surface area (Å²) in [4.78, 5) is 5.10. The van der Waals surface area contributed by atoms with E-state index in [0.717, 1.165) is 35.8 Å². The van der Waals surface area contributed by atoms with E-state index < -0.39 is 0 Å². The molecule has 4 heteroatoms. The first-order valence-electron chi connectivity index (χ1n) is 7.13. The number of nitrogens with zero attached hydrogens (tertiary/aromatic N) is 2. The molecule has 2 N–H and O–H groups in total. The highest BCUT2D eigenvalue weighted by Gasteiger charge is 2.25. The number of hydrogen-bond donors (Lipinski definition) is 1. The second kappa shape index (κ2) is 6.73. The highest BCUT2D eigenvalue weighted by molar-refractivity contribution is 9.10. The van der Waals surface area contributed by atoms with Crippen molar-refractivity contribution in [1.29, 1.82) is 0 Å². The van der Waals surface area contributed by atoms with E-state index in [9.17, 15) is 0 Å². The minimum Gasteiger partial charge on any atom is -0.399 e. The molecule has 1 aromatic rings. The highest BCUT2D eigenvalue weighted by atomic mass is 79.9. The summed E-state index contributed by atoms with van der Waals surface area (Å²) in [6.45, 7) is 10.2. The van der Waals surface area contributed by atoms with E-state index in [-0.39, 0.29) is 0 Å². The number of halogens is 1. The zero-order valence-electron chi connectivity index (χ0n) is 11.9. The van der Waals surface area contributed by atoms with E-state index in [1.54, 1.807) is 0 Å². The van der Waals surface area contributed by atoms with Crippen LogP contribution in [0, 0.1) is 0 Å². The molecule has 0 amide bonds. The molecule has 2 rings (SSSR count). The predicted molar refractivity (Wildman–Crippen MR) is 85.2 cm³/mol. The zero-order valence-corrected chi connectivity index (χ0v) is 13.5. The van der Waals surface area contributed by atoms with Gasteiger partial charge in [-0.2, -0.15) is 0 Å². The first kappa shape index (κ1) is 14.8. The third-order valence-corrected chi connectivity index (χ3v) is 4.42. The maximum absolute atomic E-state index is 5.90. The first-order valence-corrected chi connectivity index (χ1v) is 7.93. The number of likely N-dealkylation sites (tertiary alicyclic amines) is 1. The Morgan fingerprint density at radius 1 is 1.32 bits per heavy atom. The molecule has 1 heterocycles. The summed E-state index contributed by atoms with van der Waals surface area (Å²) in [6.07, 6.45) is 1.28. The van der Waals surface area contributed by atoms with Crippen molar-refractivity contribution < 1.29 is 0 Å². The molecular weight excluding hydrogens is 302 g/mol. The van der Waals surface area contributed by atoms with Crippen molar-refractivity contribution in [2.24, 2.45) is 0 Å². The van der Waals surface area contributed by atoms with Crippen LogP contribution < -0.4 is 5.73 Å². The van der Waals surface area contributed by atoms with Crippen LogP contribution in [0.1, 0.15) is 25.8 Å². The van der Waals surface area contributed by atoms with Crippen molar-refractivity contribution in [3.63, 3.8) is 0 Å². The van der Waals surface area contributed by atoms with Crippen LogP contribution in [0.2, 0.25) is 0 Å². The molecule has 19 heavy (non-hydrogen) atoms. The van der Waals surface area contributed by atoms with Gasteiger partial charge in [-0.1, -0.05) is 29.8 Å². The monoisotopic (exact) mass is 325 g/mol. The van der Waals surface area contributed by atoms with Crippen LogP contribution in [0.5, 0.6) is 0 Å². The molecule has 106 valence electrons. The van der Waals surface area contributed by atoms with Gasteiger partial charge in [0.05, 0.1) is 0 Å². The minimum absolute atomic E-state index is 0.722. The lowest BCUT2D eigenvalue weighted by Gasteiger charge is -2.26. The fourth-order valence-corrected chi connectivity index (χ4v) is 3.58. The lowest BCUT2D eigenvalue weighted by molar-refractivity contribution is 0.209. The summed E-state index contributed by atoms with van der Waals surface area (Å²) in [5.41, 5.74) is 8.03. The van der Waals surface area contributed by atoms with E-state index >= 15 is 0 Å². The molecule has 0 bridgehead atoms. The molecule has 1 atom stereocenters. The van der Waals surface area contributed by atoms with Crippen molar-refractivity contribution in [3.05, 3.63) is 28.2 Å². The molecule has 1 saturated heterocycles. The number of nitrogens with two attached hydrogens (primary N) is 1. The second-order valence-corrected chi connectivity index (χ2v) is 6.21. The van der Waals surface area contributed by atoms with E-state index in [2.05, 4.69) is 51.7 Å². The lowest BCUT2D eigenvalue weighted by atomic mass is 10.2. The fraction of sp³-hybridized carbons (Fsp3) is 0.600. The van der Waals surface area contributed by atoms with Crippen LogP contribution in [-0.2, 0) is 6.54 Å². The Kier molecular flexibility index (Phi) is 5.25. The van der Waals surface area contributed by atoms with E-state index in [1.165, 1.54) is 25.1 Å². The van der Waals surface area contributed by atoms with Crippen LogP contribution in [0.3, 0.4) is 0 Å². The van der Waals surface area contributed by atoms with Crippen LogP contribution >= 0.6 is 15.9 Å². The van der Waals surface area contributed by atoms with E-state index in [0.29, 0.717) is 0 Å². The van der Waals surface area contributed by atoms with Crippen LogP contribution in [0.15, 0.2) is 22.7 Å². The van der Waals surface area contributed by atoms with Crippen LogP contribution in [-0.4, -0.2) is 42.0 Å². The second-order valence-electron chi connectivity index (χ2n) is 5.29. The molecule has 3 nitrogen and oxygen atoms in total. The quantitative estimate of drug-likeness (QED) is 0.845. The summed E-state index contributed by atoms with van der Waals surface area (Å²) < 4.78 is 1.07. The Labute approximate surface area is 124 Å². The SMILES string of the molecule is CCN(CC)C1CCN(Cc2cc(N)cc(Br)c2)C1. The number of rotatable bonds is 5. The van der Waals surface area contributed by atoms with Crippen LogP contribution in [0.25, 0.3) is 0 Å². The summed E-state index contributed by atoms with van der Waals surface area (Å²) >= 11 is 3.51. The van der Waals surface area contributed by atoms with E-state index in [4.69, 9.17) is 5.73 Å². The number of likely N-dealkylation sites (N-methyl/N-ethyl adjacent to an activating group) is 1. The largest absolute Gasteiger partial charge is 0.399 e. The highest BCUT2D eigenvalue weighted by Crippen LogP contribution is 2.22. The van der Waals surface area contributed by atoms with Gasteiger partial charge in [0.2, 0.25) is 0 Å². The number of nitrogen functional groups attached to an aromatic ring is 1. The van der Waals surface area contributed by atoms with Gasteiger partial charge in [-0.15, -0.1) is 0 Å². The molecule has 0 saturated carbocycles. The Morgan fingerprint density at radius 2 is 2.05 bits per heavy atom. The van der Waals surface area contributed by atoms with Gasteiger partial charge in [0, 0.05) is 35.8 Å². The van der Waals surface area contributed by atoms with Gasteiger partial charge >= 0.3 is 0 Å². The van der Waals surface area contributed by atoms with Crippen molar-refractivity contribution in [3.8, 4) is 0 Å². The van der Waals surface area contributed by atoms with Crippen molar-refractivity contribution in [2.45, 2.75) is 32.9 Å². The average Bonchev–Trinajstić information content (AvgIpc) is 2.78. The fourth-order valence-electron chi connectivity index (χ4n) is 3.02. The van der Waals surface area contributed by atoms with Gasteiger partial charge in [0.25, 0.3) is 0 Å². The predicted octanol–water partition coefficient (Wildman–Crippen LogP) is 2.95. The molecular formula is C15H24BrN3. The van der Waals surface area contributed by atoms with Crippen LogP contribution in [0.4, 0.5) is 5.69 Å². The topological polar surface area (TPSA) is 32.5 Å². The Hall–Kier alpha value is -0.580. The van der Waals surface area contributed by atoms with Gasteiger partial charge in [0.1, 0.15) is 0 Å². The maximum Gasteiger partial charge on any atom is 0.0328 e. The normalized spacial score (nSPS) is 20.3. The molecule has 1 aliphatic heterocycles. The Balaban J connectivity index is 1.94. The summed E-state index contributed by atoms with van der Waals surface area (Å²) in [5, 5.41) is 0. The molecule has 0 aromatic heterocycles. The summed E-state index contributed by atoms with van der Waals surface area (Å²) in [6, 6.07) is 6.92. The maximum atomic E-state index is 5.90. The van der Waals surface area contributed by atoms with Crippen molar-refractivity contribution in [1.82, 2.24) is 9.80 Å². The Morgan fingerprint density at radius 3 is 2.68 bits per heavy atom. The molecule has 0 spiro atoms. The third-order valence-electron chi connectivity index (χ3n) is 3.96. The van der Waals surface area contributed by atoms with E-state index in [1.807, 2.05) is 6.07 Å². The lowest BCUT2D eigenvalue weighted by Crippen LogP contribution is -2.37. The number of benzene rings is 1. The van der Waals surface area contributed by atoms with Gasteiger partial charge < -0.3 is 5.73 Å². The van der Waals surface area contributed by atoms with Crippen molar-refractivity contribution >= 4 is 21.6 Å². The Bertz CT molecular complexity index is 398. The van der Waals surface area contributed by atoms with Crippen molar-refractivity contribution in [2.75, 3.05) is 31.9 Å². The minimum atomic E-state index is 0.722. The first-order chi connectivity index (χ1) is 9.12.